The van der Waals surface area contributed by atoms with E-state index in [1.807, 2.05) is 20.8 Å². The molecule has 0 amide bonds. The minimum atomic E-state index is -1.12. The van der Waals surface area contributed by atoms with E-state index in [4.69, 9.17) is 0 Å². The number of hydrogen-bond acceptors (Lipinski definition) is 2. The molecule has 1 N–H and O–H groups in total. The Balaban J connectivity index is 1.85. The van der Waals surface area contributed by atoms with Crippen molar-refractivity contribution < 1.29 is 8.94 Å². The normalized spacial score (nSPS) is 23.8. The number of fused-ring (bicyclic) bond motifs is 1. The molecule has 0 spiro atoms. The van der Waals surface area contributed by atoms with Gasteiger partial charge in [-0.2, -0.15) is 0 Å². The number of rotatable bonds is 3. The van der Waals surface area contributed by atoms with Crippen LogP contribution >= 0.6 is 0 Å². The molecule has 0 bridgehead atoms. The van der Waals surface area contributed by atoms with Crippen molar-refractivity contribution in [2.75, 3.05) is 0 Å². The van der Waals surface area contributed by atoms with Crippen LogP contribution < -0.4 is 4.72 Å². The zero-order valence-corrected chi connectivity index (χ0v) is 13.1. The van der Waals surface area contributed by atoms with Crippen molar-refractivity contribution >= 4 is 11.4 Å². The lowest BCUT2D eigenvalue weighted by atomic mass is 10.0. The highest BCUT2D eigenvalue weighted by molar-refractivity contribution is 7.90. The zero-order chi connectivity index (χ0) is 14.5. The van der Waals surface area contributed by atoms with Crippen molar-refractivity contribution in [1.82, 2.24) is 4.72 Å². The summed E-state index contributed by atoms with van der Waals surface area (Å²) in [6, 6.07) is 3.87. The number of benzene rings is 1. The van der Waals surface area contributed by atoms with E-state index in [0.29, 0.717) is 5.92 Å². The first-order valence-electron chi connectivity index (χ1n) is 7.36. The summed E-state index contributed by atoms with van der Waals surface area (Å²) < 4.78 is 29.3. The van der Waals surface area contributed by atoms with Gasteiger partial charge in [0.25, 0.3) is 0 Å². The number of nitrogens with one attached hydrogen (secondary N) is 1. The Hall–Kier alpha value is -0.580. The maximum absolute atomic E-state index is 14.2. The molecule has 0 radical (unpaired) electrons. The van der Waals surface area contributed by atoms with Crippen molar-refractivity contribution in [3.05, 3.63) is 34.6 Å². The van der Waals surface area contributed by atoms with E-state index in [1.165, 1.54) is 12.8 Å². The predicted molar refractivity (Wildman–Crippen MR) is 80.5 cm³/mol. The summed E-state index contributed by atoms with van der Waals surface area (Å²) in [6.07, 6.45) is 3.92. The van der Waals surface area contributed by atoms with E-state index in [9.17, 15) is 8.94 Å². The maximum atomic E-state index is 14.2. The molecule has 2 aliphatic rings. The lowest BCUT2D eigenvalue weighted by molar-refractivity contribution is 0.522. The molecule has 0 saturated heterocycles. The molecule has 1 aromatic carbocycles. The predicted octanol–water partition coefficient (Wildman–Crippen LogP) is 3.74. The molecular formula is C16H22FNOS. The fourth-order valence-corrected chi connectivity index (χ4v) is 3.64. The Kier molecular flexibility index (Phi) is 3.59. The maximum Gasteiger partial charge on any atom is 0.136 e. The zero-order valence-electron chi connectivity index (χ0n) is 12.3. The summed E-state index contributed by atoms with van der Waals surface area (Å²) in [7, 11) is 0. The van der Waals surface area contributed by atoms with Crippen LogP contribution in [0, 0.1) is 5.82 Å². The molecule has 1 fully saturated rings. The highest BCUT2D eigenvalue weighted by Crippen LogP contribution is 2.44. The summed E-state index contributed by atoms with van der Waals surface area (Å²) in [5.74, 6) is 0.472. The smallest absolute Gasteiger partial charge is 0.136 e. The molecule has 2 atom stereocenters. The van der Waals surface area contributed by atoms with Crippen LogP contribution in [0.4, 0.5) is 4.39 Å². The number of hydrogen-bond donors (Lipinski definition) is 1. The monoisotopic (exact) mass is 295 g/mol. The lowest BCUT2D eigenvalue weighted by Crippen LogP contribution is -2.40. The summed E-state index contributed by atoms with van der Waals surface area (Å²) in [4.78, 5) is 0. The summed E-state index contributed by atoms with van der Waals surface area (Å²) in [5, 5.41) is 0. The average Bonchev–Trinajstić information content (AvgIpc) is 3.12. The largest absolute Gasteiger partial charge is 0.598 e. The molecule has 2 nitrogen and oxygen atoms in total. The van der Waals surface area contributed by atoms with Crippen LogP contribution in [-0.4, -0.2) is 9.30 Å². The van der Waals surface area contributed by atoms with Gasteiger partial charge in [-0.15, -0.1) is 4.72 Å². The number of halogens is 1. The molecular weight excluding hydrogens is 273 g/mol. The van der Waals surface area contributed by atoms with Crippen LogP contribution in [0.25, 0.3) is 0 Å². The van der Waals surface area contributed by atoms with Crippen molar-refractivity contribution in [3.63, 3.8) is 0 Å². The first-order valence-corrected chi connectivity index (χ1v) is 8.51. The van der Waals surface area contributed by atoms with Crippen molar-refractivity contribution in [2.45, 2.75) is 63.2 Å². The molecule has 0 unspecified atom stereocenters. The quantitative estimate of drug-likeness (QED) is 0.862. The Labute approximate surface area is 123 Å². The molecule has 4 heteroatoms. The topological polar surface area (TPSA) is 35.1 Å². The average molecular weight is 295 g/mol. The van der Waals surface area contributed by atoms with Gasteiger partial charge >= 0.3 is 0 Å². The SMILES string of the molecule is CC(C)(C)[S@@+]([O-])N[C@@H]1CCc2c(F)cc(C3CC3)cc21. The van der Waals surface area contributed by atoms with Gasteiger partial charge in [-0.3, -0.25) is 0 Å². The van der Waals surface area contributed by atoms with Gasteiger partial charge in [-0.25, -0.2) is 4.39 Å². The molecule has 0 heterocycles. The van der Waals surface area contributed by atoms with Crippen LogP contribution in [-0.2, 0) is 17.8 Å². The fraction of sp³-hybridized carbons (Fsp3) is 0.625. The second-order valence-corrected chi connectivity index (χ2v) is 8.93. The minimum Gasteiger partial charge on any atom is -0.598 e. The third kappa shape index (κ3) is 2.74. The molecule has 110 valence electrons. The molecule has 1 saturated carbocycles. The second-order valence-electron chi connectivity index (χ2n) is 6.93. The molecule has 20 heavy (non-hydrogen) atoms. The van der Waals surface area contributed by atoms with Crippen LogP contribution in [0.3, 0.4) is 0 Å². The van der Waals surface area contributed by atoms with Gasteiger partial charge in [0.05, 0.1) is 6.04 Å². The highest BCUT2D eigenvalue weighted by Gasteiger charge is 2.35. The van der Waals surface area contributed by atoms with E-state index >= 15 is 0 Å². The second kappa shape index (κ2) is 5.00. The first kappa shape index (κ1) is 14.4. The summed E-state index contributed by atoms with van der Waals surface area (Å²) in [5.41, 5.74) is 2.97. The van der Waals surface area contributed by atoms with Gasteiger partial charge < -0.3 is 4.55 Å². The van der Waals surface area contributed by atoms with Crippen LogP contribution in [0.5, 0.6) is 0 Å². The Morgan fingerprint density at radius 3 is 2.55 bits per heavy atom. The van der Waals surface area contributed by atoms with E-state index in [1.54, 1.807) is 6.07 Å². The Bertz CT molecular complexity index is 522. The van der Waals surface area contributed by atoms with Gasteiger partial charge in [-0.1, -0.05) is 6.07 Å². The molecule has 2 aliphatic carbocycles. The Morgan fingerprint density at radius 2 is 1.95 bits per heavy atom. The third-order valence-corrected chi connectivity index (χ3v) is 5.78. The first-order chi connectivity index (χ1) is 9.36. The van der Waals surface area contributed by atoms with Gasteiger partial charge in [0.1, 0.15) is 10.6 Å². The van der Waals surface area contributed by atoms with Crippen molar-refractivity contribution in [2.24, 2.45) is 0 Å². The van der Waals surface area contributed by atoms with Gasteiger partial charge in [-0.05, 0) is 75.1 Å². The Morgan fingerprint density at radius 1 is 1.25 bits per heavy atom. The van der Waals surface area contributed by atoms with E-state index in [2.05, 4.69) is 10.8 Å². The van der Waals surface area contributed by atoms with Gasteiger partial charge in [0, 0.05) is 11.4 Å². The summed E-state index contributed by atoms with van der Waals surface area (Å²) >= 11 is -1.12. The fourth-order valence-electron chi connectivity index (χ4n) is 2.78. The third-order valence-electron chi connectivity index (χ3n) is 4.16. The van der Waals surface area contributed by atoms with Crippen molar-refractivity contribution in [1.29, 1.82) is 0 Å². The summed E-state index contributed by atoms with van der Waals surface area (Å²) in [6.45, 7) is 5.85. The minimum absolute atomic E-state index is 0.0262. The molecule has 0 aromatic heterocycles. The van der Waals surface area contributed by atoms with E-state index in [-0.39, 0.29) is 16.6 Å². The van der Waals surface area contributed by atoms with Gasteiger partial charge in [0.2, 0.25) is 0 Å². The van der Waals surface area contributed by atoms with Crippen LogP contribution in [0.15, 0.2) is 12.1 Å². The van der Waals surface area contributed by atoms with Crippen LogP contribution in [0.2, 0.25) is 0 Å². The molecule has 1 aromatic rings. The standard InChI is InChI=1S/C16H22FNOS/c1-16(2,3)20(19)18-15-7-6-12-13(15)8-11(9-14(12)17)10-4-5-10/h8-10,15,18H,4-7H2,1-3H3/t15-,20-/m1/s1. The molecule has 3 rings (SSSR count). The highest BCUT2D eigenvalue weighted by atomic mass is 32.2. The van der Waals surface area contributed by atoms with E-state index < -0.39 is 11.4 Å². The molecule has 0 aliphatic heterocycles. The van der Waals surface area contributed by atoms with Crippen LogP contribution in [0.1, 0.15) is 68.7 Å². The van der Waals surface area contributed by atoms with E-state index in [0.717, 1.165) is 29.5 Å². The lowest BCUT2D eigenvalue weighted by Gasteiger charge is -2.26. The van der Waals surface area contributed by atoms with Crippen molar-refractivity contribution in [3.8, 4) is 0 Å². The van der Waals surface area contributed by atoms with Gasteiger partial charge in [0.15, 0.2) is 0 Å².